The molecule has 0 aliphatic heterocycles. The van der Waals surface area contributed by atoms with Crippen LogP contribution in [0.4, 0.5) is 0 Å². The Kier molecular flexibility index (Phi) is 4.20. The van der Waals surface area contributed by atoms with E-state index in [9.17, 15) is 4.79 Å². The molecular weight excluding hydrogens is 292 g/mol. The van der Waals surface area contributed by atoms with Crippen molar-refractivity contribution in [3.05, 3.63) is 82.3 Å². The topological polar surface area (TPSA) is 26.9 Å². The second-order valence-electron chi connectivity index (χ2n) is 5.14. The van der Waals surface area contributed by atoms with Gasteiger partial charge in [0.25, 0.3) is 5.56 Å². The predicted molar refractivity (Wildman–Crippen MR) is 91.8 cm³/mol. The Hall–Kier alpha value is -2.20. The molecule has 112 valence electrons. The molecule has 3 nitrogen and oxygen atoms in total. The van der Waals surface area contributed by atoms with Crippen molar-refractivity contribution in [2.24, 2.45) is 7.05 Å². The van der Waals surface area contributed by atoms with Crippen LogP contribution < -0.4 is 5.56 Å². The quantitative estimate of drug-likeness (QED) is 0.686. The highest BCUT2D eigenvalue weighted by Crippen LogP contribution is 2.23. The molecule has 1 aromatic heterocycles. The first-order valence-electron chi connectivity index (χ1n) is 7.19. The SMILES string of the molecule is Cc1c(CSc2ccccc2)c(=O)n(-c2ccccc2)n1C. The third-order valence-electron chi connectivity index (χ3n) is 3.80. The van der Waals surface area contributed by atoms with Gasteiger partial charge in [0.05, 0.1) is 11.3 Å². The molecule has 0 amide bonds. The van der Waals surface area contributed by atoms with Gasteiger partial charge in [0.2, 0.25) is 0 Å². The molecule has 2 aromatic carbocycles. The van der Waals surface area contributed by atoms with Crippen molar-refractivity contribution in [3.63, 3.8) is 0 Å². The number of thioether (sulfide) groups is 1. The van der Waals surface area contributed by atoms with E-state index in [1.807, 2.05) is 67.2 Å². The zero-order valence-corrected chi connectivity index (χ0v) is 13.5. The zero-order chi connectivity index (χ0) is 15.5. The summed E-state index contributed by atoms with van der Waals surface area (Å²) in [6, 6.07) is 19.9. The maximum absolute atomic E-state index is 12.8. The Morgan fingerprint density at radius 3 is 2.18 bits per heavy atom. The fourth-order valence-corrected chi connectivity index (χ4v) is 3.46. The molecule has 0 saturated carbocycles. The minimum Gasteiger partial charge on any atom is -0.285 e. The van der Waals surface area contributed by atoms with E-state index >= 15 is 0 Å². The van der Waals surface area contributed by atoms with E-state index in [1.54, 1.807) is 16.4 Å². The van der Waals surface area contributed by atoms with Gasteiger partial charge in [-0.25, -0.2) is 4.68 Å². The van der Waals surface area contributed by atoms with Gasteiger partial charge in [0.15, 0.2) is 0 Å². The summed E-state index contributed by atoms with van der Waals surface area (Å²) in [6.45, 7) is 2.00. The summed E-state index contributed by atoms with van der Waals surface area (Å²) in [4.78, 5) is 13.9. The lowest BCUT2D eigenvalue weighted by Gasteiger charge is -2.07. The molecule has 0 atom stereocenters. The van der Waals surface area contributed by atoms with Crippen LogP contribution in [-0.2, 0) is 12.8 Å². The highest BCUT2D eigenvalue weighted by atomic mass is 32.2. The average Bonchev–Trinajstić information content (AvgIpc) is 2.77. The summed E-state index contributed by atoms with van der Waals surface area (Å²) < 4.78 is 3.66. The summed E-state index contributed by atoms with van der Waals surface area (Å²) in [7, 11) is 1.93. The Balaban J connectivity index is 1.95. The van der Waals surface area contributed by atoms with Crippen molar-refractivity contribution in [3.8, 4) is 5.69 Å². The van der Waals surface area contributed by atoms with E-state index in [0.29, 0.717) is 5.75 Å². The number of benzene rings is 2. The number of nitrogens with zero attached hydrogens (tertiary/aromatic N) is 2. The molecule has 0 spiro atoms. The van der Waals surface area contributed by atoms with Crippen LogP contribution >= 0.6 is 11.8 Å². The van der Waals surface area contributed by atoms with Crippen molar-refractivity contribution in [1.29, 1.82) is 0 Å². The van der Waals surface area contributed by atoms with Crippen LogP contribution in [0, 0.1) is 6.92 Å². The van der Waals surface area contributed by atoms with Gasteiger partial charge in [-0.05, 0) is 31.2 Å². The molecule has 3 rings (SSSR count). The Morgan fingerprint density at radius 1 is 0.955 bits per heavy atom. The maximum atomic E-state index is 12.8. The lowest BCUT2D eigenvalue weighted by Crippen LogP contribution is -2.20. The smallest absolute Gasteiger partial charge is 0.275 e. The van der Waals surface area contributed by atoms with Gasteiger partial charge in [0, 0.05) is 23.4 Å². The minimum atomic E-state index is 0.0645. The molecule has 0 fully saturated rings. The van der Waals surface area contributed by atoms with Gasteiger partial charge in [-0.15, -0.1) is 11.8 Å². The van der Waals surface area contributed by atoms with Gasteiger partial charge < -0.3 is 0 Å². The lowest BCUT2D eigenvalue weighted by molar-refractivity contribution is 0.630. The van der Waals surface area contributed by atoms with E-state index in [1.165, 1.54) is 4.90 Å². The van der Waals surface area contributed by atoms with Crippen molar-refractivity contribution in [2.45, 2.75) is 17.6 Å². The molecule has 22 heavy (non-hydrogen) atoms. The average molecular weight is 310 g/mol. The number of hydrogen-bond acceptors (Lipinski definition) is 2. The first-order chi connectivity index (χ1) is 10.7. The van der Waals surface area contributed by atoms with Crippen LogP contribution in [0.2, 0.25) is 0 Å². The summed E-state index contributed by atoms with van der Waals surface area (Å²) in [5, 5.41) is 0. The van der Waals surface area contributed by atoms with Crippen molar-refractivity contribution in [1.82, 2.24) is 9.36 Å². The molecule has 1 heterocycles. The standard InChI is InChI=1S/C18H18N2OS/c1-14-17(13-22-16-11-7-4-8-12-16)18(21)20(19(14)2)15-9-5-3-6-10-15/h3-12H,13H2,1-2H3. The number of rotatable bonds is 4. The molecule has 0 unspecified atom stereocenters. The normalized spacial score (nSPS) is 10.8. The molecule has 4 heteroatoms. The van der Waals surface area contributed by atoms with E-state index in [0.717, 1.165) is 16.9 Å². The first kappa shape index (κ1) is 14.7. The van der Waals surface area contributed by atoms with Gasteiger partial charge in [-0.3, -0.25) is 9.48 Å². The van der Waals surface area contributed by atoms with E-state index < -0.39 is 0 Å². The first-order valence-corrected chi connectivity index (χ1v) is 8.18. The van der Waals surface area contributed by atoms with Crippen LogP contribution in [-0.4, -0.2) is 9.36 Å². The molecule has 0 saturated heterocycles. The highest BCUT2D eigenvalue weighted by Gasteiger charge is 2.15. The van der Waals surface area contributed by atoms with Crippen LogP contribution in [0.3, 0.4) is 0 Å². The third kappa shape index (κ3) is 2.74. The Bertz CT molecular complexity index is 820. The Morgan fingerprint density at radius 2 is 1.55 bits per heavy atom. The number of aromatic nitrogens is 2. The van der Waals surface area contributed by atoms with E-state index in [2.05, 4.69) is 12.1 Å². The second kappa shape index (κ2) is 6.28. The van der Waals surface area contributed by atoms with E-state index in [4.69, 9.17) is 0 Å². The third-order valence-corrected chi connectivity index (χ3v) is 4.84. The van der Waals surface area contributed by atoms with Crippen LogP contribution in [0.15, 0.2) is 70.4 Å². The highest BCUT2D eigenvalue weighted by molar-refractivity contribution is 7.98. The summed E-state index contributed by atoms with van der Waals surface area (Å²) in [6.07, 6.45) is 0. The summed E-state index contributed by atoms with van der Waals surface area (Å²) in [5.41, 5.74) is 2.83. The fraction of sp³-hybridized carbons (Fsp3) is 0.167. The van der Waals surface area contributed by atoms with Gasteiger partial charge >= 0.3 is 0 Å². The molecule has 3 aromatic rings. The molecule has 0 radical (unpaired) electrons. The van der Waals surface area contributed by atoms with Crippen molar-refractivity contribution >= 4 is 11.8 Å². The minimum absolute atomic E-state index is 0.0645. The van der Waals surface area contributed by atoms with Gasteiger partial charge in [-0.2, -0.15) is 0 Å². The van der Waals surface area contributed by atoms with Crippen LogP contribution in [0.25, 0.3) is 5.69 Å². The maximum Gasteiger partial charge on any atom is 0.275 e. The van der Waals surface area contributed by atoms with Crippen LogP contribution in [0.5, 0.6) is 0 Å². The fourth-order valence-electron chi connectivity index (χ4n) is 2.46. The molecular formula is C18H18N2OS. The van der Waals surface area contributed by atoms with E-state index in [-0.39, 0.29) is 5.56 Å². The Labute approximate surface area is 134 Å². The summed E-state index contributed by atoms with van der Waals surface area (Å²) in [5.74, 6) is 0.683. The summed E-state index contributed by atoms with van der Waals surface area (Å²) >= 11 is 1.69. The van der Waals surface area contributed by atoms with Crippen LogP contribution in [0.1, 0.15) is 11.3 Å². The van der Waals surface area contributed by atoms with Crippen molar-refractivity contribution in [2.75, 3.05) is 0 Å². The van der Waals surface area contributed by atoms with Crippen molar-refractivity contribution < 1.29 is 0 Å². The monoisotopic (exact) mass is 310 g/mol. The largest absolute Gasteiger partial charge is 0.285 e. The molecule has 0 bridgehead atoms. The molecule has 0 N–H and O–H groups in total. The van der Waals surface area contributed by atoms with Gasteiger partial charge in [-0.1, -0.05) is 36.4 Å². The van der Waals surface area contributed by atoms with Gasteiger partial charge in [0.1, 0.15) is 0 Å². The number of hydrogen-bond donors (Lipinski definition) is 0. The number of para-hydroxylation sites is 1. The zero-order valence-electron chi connectivity index (χ0n) is 12.7. The predicted octanol–water partition coefficient (Wildman–Crippen LogP) is 3.78. The second-order valence-corrected chi connectivity index (χ2v) is 6.19. The lowest BCUT2D eigenvalue weighted by atomic mass is 10.3. The molecule has 0 aliphatic rings. The molecule has 0 aliphatic carbocycles.